The molecule has 0 radical (unpaired) electrons. The second kappa shape index (κ2) is 49.9. The maximum atomic E-state index is 12.9. The summed E-state index contributed by atoms with van der Waals surface area (Å²) in [6.07, 6.45) is 62.7. The van der Waals surface area contributed by atoms with Crippen LogP contribution in [0.1, 0.15) is 290 Å². The van der Waals surface area contributed by atoms with Crippen molar-refractivity contribution in [3.8, 4) is 0 Å². The molecule has 398 valence electrons. The Labute approximate surface area is 417 Å². The Morgan fingerprint density at radius 1 is 0.507 bits per heavy atom. The molecule has 0 aliphatic heterocycles. The summed E-state index contributed by atoms with van der Waals surface area (Å²) in [6.45, 7) is 4.66. The lowest BCUT2D eigenvalue weighted by Gasteiger charge is -2.29. The van der Waals surface area contributed by atoms with Crippen molar-refractivity contribution in [2.75, 3.05) is 40.9 Å². The number of carbonyl (C=O) groups excluding carboxylic acids is 1. The van der Waals surface area contributed by atoms with Gasteiger partial charge in [-0.3, -0.25) is 9.36 Å². The average Bonchev–Trinajstić information content (AvgIpc) is 3.29. The van der Waals surface area contributed by atoms with Crippen LogP contribution in [0.5, 0.6) is 0 Å². The van der Waals surface area contributed by atoms with Crippen LogP contribution >= 0.6 is 7.82 Å². The Kier molecular flexibility index (Phi) is 49.2. The predicted octanol–water partition coefficient (Wildman–Crippen LogP) is 17.0. The molecule has 3 atom stereocenters. The molecule has 0 saturated heterocycles. The fraction of sp³-hybridized carbons (Fsp3) is 0.914. The number of nitrogens with one attached hydrogen (secondary N) is 1. The van der Waals surface area contributed by atoms with Crippen LogP contribution < -0.4 is 10.2 Å². The monoisotopic (exact) mass is 967 g/mol. The maximum Gasteiger partial charge on any atom is 0.268 e. The van der Waals surface area contributed by atoms with E-state index in [4.69, 9.17) is 9.05 Å². The second-order valence-corrected chi connectivity index (χ2v) is 22.8. The number of aliphatic hydroxyl groups excluding tert-OH is 1. The number of rotatable bonds is 54. The number of nitrogens with zero attached hydrogens (tertiary/aromatic N) is 1. The van der Waals surface area contributed by atoms with Crippen LogP contribution in [-0.4, -0.2) is 68.5 Å². The summed E-state index contributed by atoms with van der Waals surface area (Å²) in [5.41, 5.74) is 0. The van der Waals surface area contributed by atoms with E-state index in [2.05, 4.69) is 31.3 Å². The standard InChI is InChI=1S/C58H115N2O6P/c1-6-8-10-12-14-16-18-20-22-24-25-26-27-28-29-30-31-32-33-34-35-36-38-40-42-44-46-48-50-52-58(62)59-56(55-66-67(63,64)65-54-53-60(3,4)5)57(61)51-49-47-45-43-41-39-37-23-21-19-17-15-13-11-9-7-2/h41,43,49,51,56-57,61H,6-40,42,44-48,50,52-55H2,1-5H3,(H-,59,62,63,64)/b43-41+,51-49+. The molecule has 0 aliphatic carbocycles. The Bertz CT molecular complexity index is 1140. The van der Waals surface area contributed by atoms with E-state index in [9.17, 15) is 19.4 Å². The van der Waals surface area contributed by atoms with Gasteiger partial charge in [-0.05, 0) is 32.1 Å². The predicted molar refractivity (Wildman–Crippen MR) is 289 cm³/mol. The topological polar surface area (TPSA) is 108 Å². The fourth-order valence-corrected chi connectivity index (χ4v) is 9.54. The molecule has 3 unspecified atom stereocenters. The third kappa shape index (κ3) is 52.6. The van der Waals surface area contributed by atoms with Crippen LogP contribution in [0.4, 0.5) is 0 Å². The largest absolute Gasteiger partial charge is 0.756 e. The SMILES string of the molecule is CCCCCCCCCCCC/C=C/CC/C=C/C(O)C(COP(=O)([O-])OCC[N+](C)(C)C)NC(=O)CCCCCCCCCCCCCCCCCCCCCCCCCCCCCCC. The molecule has 0 fully saturated rings. The molecule has 67 heavy (non-hydrogen) atoms. The number of likely N-dealkylation sites (N-methyl/N-ethyl adjacent to an activating group) is 1. The summed E-state index contributed by atoms with van der Waals surface area (Å²) in [5.74, 6) is -0.201. The molecule has 0 aromatic carbocycles. The van der Waals surface area contributed by atoms with Gasteiger partial charge in [-0.1, -0.05) is 276 Å². The van der Waals surface area contributed by atoms with E-state index in [-0.39, 0.29) is 19.1 Å². The van der Waals surface area contributed by atoms with Gasteiger partial charge in [0, 0.05) is 6.42 Å². The molecular weight excluding hydrogens is 852 g/mol. The molecule has 2 N–H and O–H groups in total. The quantitative estimate of drug-likeness (QED) is 0.0272. The molecule has 0 spiro atoms. The Morgan fingerprint density at radius 2 is 0.836 bits per heavy atom. The van der Waals surface area contributed by atoms with Crippen molar-refractivity contribution >= 4 is 13.7 Å². The molecule has 0 aromatic rings. The van der Waals surface area contributed by atoms with Gasteiger partial charge >= 0.3 is 0 Å². The van der Waals surface area contributed by atoms with Crippen molar-refractivity contribution in [3.63, 3.8) is 0 Å². The summed E-state index contributed by atoms with van der Waals surface area (Å²) in [5, 5.41) is 13.8. The first-order valence-corrected chi connectivity index (χ1v) is 30.7. The van der Waals surface area contributed by atoms with Gasteiger partial charge in [0.25, 0.3) is 7.82 Å². The Balaban J connectivity index is 4.10. The lowest BCUT2D eigenvalue weighted by molar-refractivity contribution is -0.870. The summed E-state index contributed by atoms with van der Waals surface area (Å²) >= 11 is 0. The summed E-state index contributed by atoms with van der Waals surface area (Å²) in [4.78, 5) is 25.5. The average molecular weight is 968 g/mol. The zero-order valence-electron chi connectivity index (χ0n) is 45.4. The van der Waals surface area contributed by atoms with Gasteiger partial charge in [-0.25, -0.2) is 0 Å². The van der Waals surface area contributed by atoms with Gasteiger partial charge < -0.3 is 28.8 Å². The number of carbonyl (C=O) groups is 1. The van der Waals surface area contributed by atoms with Crippen LogP contribution in [0, 0.1) is 0 Å². The van der Waals surface area contributed by atoms with Gasteiger partial charge in [0.2, 0.25) is 5.91 Å². The number of amides is 1. The molecule has 0 rings (SSSR count). The highest BCUT2D eigenvalue weighted by atomic mass is 31.2. The van der Waals surface area contributed by atoms with Crippen LogP contribution in [0.25, 0.3) is 0 Å². The van der Waals surface area contributed by atoms with Crippen molar-refractivity contribution in [2.24, 2.45) is 0 Å². The third-order valence-electron chi connectivity index (χ3n) is 13.4. The van der Waals surface area contributed by atoms with Crippen molar-refractivity contribution < 1.29 is 32.9 Å². The van der Waals surface area contributed by atoms with E-state index in [0.29, 0.717) is 17.4 Å². The first-order valence-electron chi connectivity index (χ1n) is 29.2. The zero-order chi connectivity index (χ0) is 49.2. The van der Waals surface area contributed by atoms with Gasteiger partial charge in [0.05, 0.1) is 39.9 Å². The lowest BCUT2D eigenvalue weighted by atomic mass is 10.0. The number of unbranched alkanes of at least 4 members (excludes halogenated alkanes) is 39. The first-order chi connectivity index (χ1) is 32.5. The highest BCUT2D eigenvalue weighted by molar-refractivity contribution is 7.45. The lowest BCUT2D eigenvalue weighted by Crippen LogP contribution is -2.45. The molecular formula is C58H115N2O6P. The maximum absolute atomic E-state index is 12.9. The molecule has 0 heterocycles. The zero-order valence-corrected chi connectivity index (χ0v) is 46.3. The minimum absolute atomic E-state index is 0.00383. The van der Waals surface area contributed by atoms with E-state index >= 15 is 0 Å². The van der Waals surface area contributed by atoms with Crippen LogP contribution in [0.2, 0.25) is 0 Å². The number of phosphoric ester groups is 1. The van der Waals surface area contributed by atoms with Gasteiger partial charge in [0.1, 0.15) is 13.2 Å². The summed E-state index contributed by atoms with van der Waals surface area (Å²) < 4.78 is 23.3. The molecule has 0 aromatic heterocycles. The van der Waals surface area contributed by atoms with E-state index in [1.165, 1.54) is 231 Å². The number of allylic oxidation sites excluding steroid dienone is 3. The van der Waals surface area contributed by atoms with E-state index < -0.39 is 20.0 Å². The normalized spacial score (nSPS) is 14.1. The van der Waals surface area contributed by atoms with E-state index in [1.54, 1.807) is 6.08 Å². The first kappa shape index (κ1) is 66.0. The van der Waals surface area contributed by atoms with E-state index in [1.807, 2.05) is 27.2 Å². The fourth-order valence-electron chi connectivity index (χ4n) is 8.82. The van der Waals surface area contributed by atoms with Crippen molar-refractivity contribution in [1.29, 1.82) is 0 Å². The van der Waals surface area contributed by atoms with Gasteiger partial charge in [-0.15, -0.1) is 0 Å². The van der Waals surface area contributed by atoms with Crippen molar-refractivity contribution in [3.05, 3.63) is 24.3 Å². The highest BCUT2D eigenvalue weighted by Gasteiger charge is 2.23. The van der Waals surface area contributed by atoms with Crippen LogP contribution in [0.3, 0.4) is 0 Å². The molecule has 8 nitrogen and oxygen atoms in total. The van der Waals surface area contributed by atoms with Gasteiger partial charge in [-0.2, -0.15) is 0 Å². The third-order valence-corrected chi connectivity index (χ3v) is 14.4. The summed E-state index contributed by atoms with van der Waals surface area (Å²) in [6, 6.07) is -0.899. The number of phosphoric acid groups is 1. The number of aliphatic hydroxyl groups is 1. The Hall–Kier alpha value is -1.02. The highest BCUT2D eigenvalue weighted by Crippen LogP contribution is 2.38. The molecule has 0 bridgehead atoms. The van der Waals surface area contributed by atoms with E-state index in [0.717, 1.165) is 38.5 Å². The molecule has 0 saturated carbocycles. The minimum Gasteiger partial charge on any atom is -0.756 e. The number of hydrogen-bond acceptors (Lipinski definition) is 6. The van der Waals surface area contributed by atoms with Crippen molar-refractivity contribution in [2.45, 2.75) is 302 Å². The van der Waals surface area contributed by atoms with Crippen molar-refractivity contribution in [1.82, 2.24) is 5.32 Å². The molecule has 0 aliphatic rings. The second-order valence-electron chi connectivity index (χ2n) is 21.4. The molecule has 1 amide bonds. The Morgan fingerprint density at radius 3 is 1.21 bits per heavy atom. The number of hydrogen-bond donors (Lipinski definition) is 2. The van der Waals surface area contributed by atoms with Gasteiger partial charge in [0.15, 0.2) is 0 Å². The minimum atomic E-state index is -4.60. The van der Waals surface area contributed by atoms with Crippen LogP contribution in [-0.2, 0) is 18.4 Å². The summed E-state index contributed by atoms with van der Waals surface area (Å²) in [7, 11) is 1.26. The number of quaternary nitrogens is 1. The smallest absolute Gasteiger partial charge is 0.268 e. The molecule has 9 heteroatoms. The van der Waals surface area contributed by atoms with Crippen LogP contribution in [0.15, 0.2) is 24.3 Å².